The fourth-order valence-corrected chi connectivity index (χ4v) is 1.84. The molecular formula is C15H15N3O2. The van der Waals surface area contributed by atoms with Crippen LogP contribution in [0.15, 0.2) is 36.4 Å². The maximum atomic E-state index is 9.17. The zero-order chi connectivity index (χ0) is 14.5. The van der Waals surface area contributed by atoms with E-state index in [0.717, 1.165) is 0 Å². The molecule has 2 aromatic rings. The number of methoxy groups -OCH3 is 2. The maximum Gasteiger partial charge on any atom is 0.143 e. The van der Waals surface area contributed by atoms with Crippen molar-refractivity contribution in [2.24, 2.45) is 0 Å². The lowest BCUT2D eigenvalue weighted by atomic mass is 10.1. The van der Waals surface area contributed by atoms with E-state index in [0.29, 0.717) is 34.1 Å². The summed E-state index contributed by atoms with van der Waals surface area (Å²) in [6, 6.07) is 12.7. The van der Waals surface area contributed by atoms with Crippen molar-refractivity contribution in [3.8, 4) is 17.6 Å². The summed E-state index contributed by atoms with van der Waals surface area (Å²) in [6.45, 7) is 0. The number of ether oxygens (including phenoxy) is 2. The molecule has 0 aliphatic carbocycles. The summed E-state index contributed by atoms with van der Waals surface area (Å²) in [6.07, 6.45) is 0. The minimum absolute atomic E-state index is 0.486. The Bertz CT molecular complexity index is 663. The van der Waals surface area contributed by atoms with Crippen LogP contribution < -0.4 is 20.5 Å². The second kappa shape index (κ2) is 5.85. The fourth-order valence-electron chi connectivity index (χ4n) is 1.84. The molecule has 20 heavy (non-hydrogen) atoms. The topological polar surface area (TPSA) is 80.3 Å². The van der Waals surface area contributed by atoms with Gasteiger partial charge in [-0.3, -0.25) is 0 Å². The molecule has 0 heterocycles. The number of para-hydroxylation sites is 1. The molecule has 2 aromatic carbocycles. The average Bonchev–Trinajstić information content (AvgIpc) is 2.49. The van der Waals surface area contributed by atoms with Gasteiger partial charge < -0.3 is 20.5 Å². The highest BCUT2D eigenvalue weighted by Crippen LogP contribution is 2.34. The third-order valence-electron chi connectivity index (χ3n) is 2.88. The molecule has 0 radical (unpaired) electrons. The van der Waals surface area contributed by atoms with Crippen LogP contribution in [0.4, 0.5) is 17.1 Å². The number of nitriles is 1. The largest absolute Gasteiger partial charge is 0.497 e. The van der Waals surface area contributed by atoms with Crippen molar-refractivity contribution < 1.29 is 9.47 Å². The van der Waals surface area contributed by atoms with Gasteiger partial charge in [0.25, 0.3) is 0 Å². The van der Waals surface area contributed by atoms with Crippen molar-refractivity contribution in [3.63, 3.8) is 0 Å². The Morgan fingerprint density at radius 2 is 1.95 bits per heavy atom. The lowest BCUT2D eigenvalue weighted by Gasteiger charge is -2.14. The summed E-state index contributed by atoms with van der Waals surface area (Å²) in [7, 11) is 3.13. The first-order valence-corrected chi connectivity index (χ1v) is 5.97. The summed E-state index contributed by atoms with van der Waals surface area (Å²) in [5.74, 6) is 1.26. The minimum atomic E-state index is 0.486. The zero-order valence-electron chi connectivity index (χ0n) is 11.3. The fraction of sp³-hybridized carbons (Fsp3) is 0.133. The third kappa shape index (κ3) is 2.59. The Kier molecular flexibility index (Phi) is 3.96. The van der Waals surface area contributed by atoms with Gasteiger partial charge in [-0.15, -0.1) is 0 Å². The first kappa shape index (κ1) is 13.6. The van der Waals surface area contributed by atoms with Crippen LogP contribution >= 0.6 is 0 Å². The predicted octanol–water partition coefficient (Wildman–Crippen LogP) is 2.90. The van der Waals surface area contributed by atoms with Crippen molar-refractivity contribution in [2.45, 2.75) is 0 Å². The van der Waals surface area contributed by atoms with Gasteiger partial charge in [-0.05, 0) is 24.3 Å². The van der Waals surface area contributed by atoms with Crippen LogP contribution in [-0.4, -0.2) is 14.2 Å². The number of rotatable bonds is 4. The first-order chi connectivity index (χ1) is 9.69. The smallest absolute Gasteiger partial charge is 0.143 e. The molecule has 0 saturated heterocycles. The summed E-state index contributed by atoms with van der Waals surface area (Å²) in [5.41, 5.74) is 8.25. The average molecular weight is 269 g/mol. The van der Waals surface area contributed by atoms with E-state index in [1.807, 2.05) is 0 Å². The van der Waals surface area contributed by atoms with Crippen molar-refractivity contribution in [1.82, 2.24) is 0 Å². The quantitative estimate of drug-likeness (QED) is 0.834. The van der Waals surface area contributed by atoms with E-state index in [4.69, 9.17) is 15.2 Å². The Balaban J connectivity index is 2.42. The van der Waals surface area contributed by atoms with E-state index in [-0.39, 0.29) is 0 Å². The van der Waals surface area contributed by atoms with E-state index >= 15 is 0 Å². The van der Waals surface area contributed by atoms with E-state index in [9.17, 15) is 5.26 Å². The van der Waals surface area contributed by atoms with Crippen LogP contribution in [-0.2, 0) is 0 Å². The molecule has 0 aliphatic heterocycles. The molecule has 0 aliphatic rings. The number of anilines is 3. The Labute approximate surface area is 117 Å². The summed E-state index contributed by atoms with van der Waals surface area (Å²) in [4.78, 5) is 0. The monoisotopic (exact) mass is 269 g/mol. The Morgan fingerprint density at radius 3 is 2.55 bits per heavy atom. The van der Waals surface area contributed by atoms with Gasteiger partial charge >= 0.3 is 0 Å². The number of hydrogen-bond acceptors (Lipinski definition) is 5. The van der Waals surface area contributed by atoms with Gasteiger partial charge in [0.2, 0.25) is 0 Å². The van der Waals surface area contributed by atoms with Gasteiger partial charge in [-0.2, -0.15) is 5.26 Å². The zero-order valence-corrected chi connectivity index (χ0v) is 11.3. The molecule has 0 amide bonds. The highest BCUT2D eigenvalue weighted by Gasteiger charge is 2.10. The van der Waals surface area contributed by atoms with Gasteiger partial charge in [-0.1, -0.05) is 6.07 Å². The number of nitrogen functional groups attached to an aromatic ring is 1. The van der Waals surface area contributed by atoms with Crippen LogP contribution in [0.1, 0.15) is 5.56 Å². The van der Waals surface area contributed by atoms with Crippen molar-refractivity contribution in [1.29, 1.82) is 5.26 Å². The lowest BCUT2D eigenvalue weighted by molar-refractivity contribution is 0.415. The maximum absolute atomic E-state index is 9.17. The van der Waals surface area contributed by atoms with Gasteiger partial charge in [0.1, 0.15) is 17.6 Å². The Hall–Kier alpha value is -2.87. The molecule has 2 rings (SSSR count). The summed E-state index contributed by atoms with van der Waals surface area (Å²) in [5, 5.41) is 12.3. The number of benzene rings is 2. The molecule has 0 spiro atoms. The first-order valence-electron chi connectivity index (χ1n) is 5.97. The predicted molar refractivity (Wildman–Crippen MR) is 78.4 cm³/mol. The molecule has 0 saturated carbocycles. The van der Waals surface area contributed by atoms with Crippen molar-refractivity contribution >= 4 is 17.1 Å². The number of nitrogens with zero attached hydrogens (tertiary/aromatic N) is 1. The molecule has 5 heteroatoms. The van der Waals surface area contributed by atoms with E-state index < -0.39 is 0 Å². The molecule has 3 N–H and O–H groups in total. The number of nitrogens with one attached hydrogen (secondary N) is 1. The van der Waals surface area contributed by atoms with Crippen molar-refractivity contribution in [3.05, 3.63) is 42.0 Å². The van der Waals surface area contributed by atoms with E-state index in [2.05, 4.69) is 11.4 Å². The molecule has 102 valence electrons. The second-order valence-corrected chi connectivity index (χ2v) is 4.07. The second-order valence-electron chi connectivity index (χ2n) is 4.07. The van der Waals surface area contributed by atoms with E-state index in [1.54, 1.807) is 50.6 Å². The van der Waals surface area contributed by atoms with Gasteiger partial charge in [0, 0.05) is 6.07 Å². The van der Waals surface area contributed by atoms with Crippen LogP contribution in [0, 0.1) is 11.3 Å². The molecule has 0 atom stereocenters. The van der Waals surface area contributed by atoms with E-state index in [1.165, 1.54) is 0 Å². The molecule has 0 aromatic heterocycles. The van der Waals surface area contributed by atoms with Gasteiger partial charge in [0.05, 0.1) is 36.8 Å². The van der Waals surface area contributed by atoms with Crippen LogP contribution in [0.5, 0.6) is 11.5 Å². The minimum Gasteiger partial charge on any atom is -0.497 e. The Morgan fingerprint density at radius 1 is 1.15 bits per heavy atom. The SMILES string of the molecule is COc1ccc(Nc2c(C#N)cccc2OC)c(N)c1. The molecular weight excluding hydrogens is 254 g/mol. The normalized spacial score (nSPS) is 9.65. The van der Waals surface area contributed by atoms with Crippen molar-refractivity contribution in [2.75, 3.05) is 25.3 Å². The number of hydrogen-bond donors (Lipinski definition) is 2. The van der Waals surface area contributed by atoms with Gasteiger partial charge in [-0.25, -0.2) is 0 Å². The standard InChI is InChI=1S/C15H15N3O2/c1-19-11-6-7-13(12(17)8-11)18-15-10(9-16)4-3-5-14(15)20-2/h3-8,18H,17H2,1-2H3. The third-order valence-corrected chi connectivity index (χ3v) is 2.88. The molecule has 0 unspecified atom stereocenters. The highest BCUT2D eigenvalue weighted by atomic mass is 16.5. The highest BCUT2D eigenvalue weighted by molar-refractivity contribution is 5.79. The van der Waals surface area contributed by atoms with Crippen LogP contribution in [0.25, 0.3) is 0 Å². The number of nitrogens with two attached hydrogens (primary N) is 1. The molecule has 5 nitrogen and oxygen atoms in total. The van der Waals surface area contributed by atoms with Crippen LogP contribution in [0.3, 0.4) is 0 Å². The summed E-state index contributed by atoms with van der Waals surface area (Å²) < 4.78 is 10.4. The van der Waals surface area contributed by atoms with Crippen LogP contribution in [0.2, 0.25) is 0 Å². The van der Waals surface area contributed by atoms with Gasteiger partial charge in [0.15, 0.2) is 0 Å². The molecule has 0 bridgehead atoms. The molecule has 0 fully saturated rings. The summed E-state index contributed by atoms with van der Waals surface area (Å²) >= 11 is 0. The lowest BCUT2D eigenvalue weighted by Crippen LogP contribution is -2.01.